The predicted molar refractivity (Wildman–Crippen MR) is 233 cm³/mol. The lowest BCUT2D eigenvalue weighted by Crippen LogP contribution is -2.10. The molecule has 0 spiro atoms. The molecular formula is C52H46N2. The van der Waals surface area contributed by atoms with Gasteiger partial charge in [-0.2, -0.15) is 0 Å². The molecular weight excluding hydrogens is 653 g/mol. The van der Waals surface area contributed by atoms with Gasteiger partial charge in [0.05, 0.1) is 0 Å². The van der Waals surface area contributed by atoms with Crippen molar-refractivity contribution in [2.75, 3.05) is 9.80 Å². The van der Waals surface area contributed by atoms with E-state index in [2.05, 4.69) is 195 Å². The fourth-order valence-electron chi connectivity index (χ4n) is 8.09. The third-order valence-corrected chi connectivity index (χ3v) is 11.4. The second-order valence-electron chi connectivity index (χ2n) is 14.6. The van der Waals surface area contributed by atoms with Crippen molar-refractivity contribution >= 4 is 55.7 Å². The van der Waals surface area contributed by atoms with Gasteiger partial charge in [-0.25, -0.2) is 0 Å². The Balaban J connectivity index is 1.09. The molecule has 0 radical (unpaired) electrons. The summed E-state index contributed by atoms with van der Waals surface area (Å²) in [6, 6.07) is 59.5. The van der Waals surface area contributed by atoms with Crippen LogP contribution in [0.3, 0.4) is 0 Å². The summed E-state index contributed by atoms with van der Waals surface area (Å²) in [4.78, 5) is 4.77. The Morgan fingerprint density at radius 2 is 0.500 bits per heavy atom. The van der Waals surface area contributed by atoms with E-state index < -0.39 is 0 Å². The normalized spacial score (nSPS) is 11.6. The third-order valence-electron chi connectivity index (χ3n) is 11.4. The van der Waals surface area contributed by atoms with Gasteiger partial charge in [0.15, 0.2) is 0 Å². The topological polar surface area (TPSA) is 6.48 Å². The lowest BCUT2D eigenvalue weighted by molar-refractivity contribution is 1.13. The molecule has 1 aliphatic carbocycles. The Kier molecular flexibility index (Phi) is 8.75. The van der Waals surface area contributed by atoms with Gasteiger partial charge in [-0.3, -0.25) is 0 Å². The van der Waals surface area contributed by atoms with E-state index in [0.29, 0.717) is 0 Å². The summed E-state index contributed by atoms with van der Waals surface area (Å²) in [5.41, 5.74) is 17.7. The Morgan fingerprint density at radius 1 is 0.259 bits per heavy atom. The molecule has 0 atom stereocenters. The van der Waals surface area contributed by atoms with Crippen LogP contribution in [0.25, 0.3) is 43.8 Å². The number of rotatable bonds is 10. The molecule has 2 nitrogen and oxygen atoms in total. The summed E-state index contributed by atoms with van der Waals surface area (Å²) in [5.74, 6) is 0. The fraction of sp³-hybridized carbons (Fsp3) is 0.154. The molecule has 0 unspecified atom stereocenters. The van der Waals surface area contributed by atoms with Crippen molar-refractivity contribution in [2.24, 2.45) is 0 Å². The molecule has 0 saturated carbocycles. The number of anilines is 6. The highest BCUT2D eigenvalue weighted by Gasteiger charge is 2.25. The van der Waals surface area contributed by atoms with Crippen molar-refractivity contribution in [1.29, 1.82) is 0 Å². The van der Waals surface area contributed by atoms with E-state index in [0.717, 1.165) is 25.7 Å². The van der Waals surface area contributed by atoms with Crippen LogP contribution in [0.4, 0.5) is 34.1 Å². The van der Waals surface area contributed by atoms with Crippen LogP contribution in [0.15, 0.2) is 158 Å². The van der Waals surface area contributed by atoms with Gasteiger partial charge >= 0.3 is 0 Å². The highest BCUT2D eigenvalue weighted by atomic mass is 15.1. The Morgan fingerprint density at radius 3 is 0.759 bits per heavy atom. The van der Waals surface area contributed by atoms with E-state index in [-0.39, 0.29) is 0 Å². The first-order valence-corrected chi connectivity index (χ1v) is 19.7. The van der Waals surface area contributed by atoms with Crippen LogP contribution in [0.1, 0.15) is 49.9 Å². The number of hydrogen-bond donors (Lipinski definition) is 0. The van der Waals surface area contributed by atoms with Crippen molar-refractivity contribution < 1.29 is 0 Å². The quantitative estimate of drug-likeness (QED) is 0.140. The van der Waals surface area contributed by atoms with Crippen LogP contribution in [0.2, 0.25) is 0 Å². The molecule has 0 fully saturated rings. The van der Waals surface area contributed by atoms with Crippen molar-refractivity contribution in [3.8, 4) is 22.3 Å². The van der Waals surface area contributed by atoms with E-state index >= 15 is 0 Å². The zero-order chi connectivity index (χ0) is 36.8. The van der Waals surface area contributed by atoms with Gasteiger partial charge in [0, 0.05) is 34.1 Å². The molecule has 0 saturated heterocycles. The molecule has 0 heterocycles. The minimum absolute atomic E-state index is 1.03. The molecule has 8 aromatic rings. The lowest BCUT2D eigenvalue weighted by atomic mass is 9.78. The van der Waals surface area contributed by atoms with Gasteiger partial charge in [-0.15, -0.1) is 0 Å². The molecule has 8 aromatic carbocycles. The maximum absolute atomic E-state index is 2.40. The van der Waals surface area contributed by atoms with E-state index in [1.54, 1.807) is 0 Å². The van der Waals surface area contributed by atoms with Crippen LogP contribution in [-0.2, 0) is 25.7 Å². The van der Waals surface area contributed by atoms with Gasteiger partial charge in [0.25, 0.3) is 0 Å². The summed E-state index contributed by atoms with van der Waals surface area (Å²) in [6.07, 6.45) is 4.13. The van der Waals surface area contributed by atoms with Gasteiger partial charge in [-0.05, 0) is 189 Å². The molecule has 0 amide bonds. The third kappa shape index (κ3) is 6.02. The summed E-state index contributed by atoms with van der Waals surface area (Å²) < 4.78 is 0. The Hall–Kier alpha value is -6.12. The Bertz CT molecular complexity index is 2320. The Labute approximate surface area is 320 Å². The van der Waals surface area contributed by atoms with E-state index in [9.17, 15) is 0 Å². The molecule has 9 rings (SSSR count). The maximum Gasteiger partial charge on any atom is 0.0468 e. The first-order chi connectivity index (χ1) is 26.5. The molecule has 0 bridgehead atoms. The molecule has 0 N–H and O–H groups in total. The highest BCUT2D eigenvalue weighted by Crippen LogP contribution is 2.51. The molecule has 0 aliphatic heterocycles. The standard InChI is InChI=1S/C52H46N2/c1-5-35-9-19-43(20-10-35)53(44-21-11-36(6-2)12-22-44)47-27-17-39-31-49-51(33-41(39)29-47)50-32-40-18-28-48(30-42(40)34-52(49)50)54(45-23-13-37(7-3)14-24-45)46-25-15-38(8-4)16-26-46/h9-34H,5-8H2,1-4H3. The van der Waals surface area contributed by atoms with Crippen LogP contribution in [-0.4, -0.2) is 0 Å². The minimum Gasteiger partial charge on any atom is -0.310 e. The van der Waals surface area contributed by atoms with E-state index in [1.807, 2.05) is 0 Å². The van der Waals surface area contributed by atoms with Crippen LogP contribution in [0.5, 0.6) is 0 Å². The fourth-order valence-corrected chi connectivity index (χ4v) is 8.09. The summed E-state index contributed by atoms with van der Waals surface area (Å²) in [7, 11) is 0. The smallest absolute Gasteiger partial charge is 0.0468 e. The number of fused-ring (bicyclic) bond motifs is 6. The van der Waals surface area contributed by atoms with Crippen molar-refractivity contribution in [1.82, 2.24) is 0 Å². The monoisotopic (exact) mass is 698 g/mol. The molecule has 54 heavy (non-hydrogen) atoms. The predicted octanol–water partition coefficient (Wildman–Crippen LogP) is 14.8. The zero-order valence-electron chi connectivity index (χ0n) is 31.7. The second-order valence-corrected chi connectivity index (χ2v) is 14.6. The summed E-state index contributed by atoms with van der Waals surface area (Å²) >= 11 is 0. The SMILES string of the molecule is CCc1ccc(N(c2ccc(CC)cc2)c2ccc3cc4c(cc3c2)-c2cc3ccc(N(c5ccc(CC)cc5)c5ccc(CC)cc5)cc3cc2-4)cc1. The second kappa shape index (κ2) is 14.0. The molecule has 264 valence electrons. The average Bonchev–Trinajstić information content (AvgIpc) is 3.23. The summed E-state index contributed by atoms with van der Waals surface area (Å²) in [5, 5.41) is 5.03. The molecule has 0 aromatic heterocycles. The maximum atomic E-state index is 2.40. The molecule has 2 heteroatoms. The van der Waals surface area contributed by atoms with Crippen LogP contribution in [0, 0.1) is 0 Å². The number of hydrogen-bond acceptors (Lipinski definition) is 2. The largest absolute Gasteiger partial charge is 0.310 e. The number of benzene rings is 8. The van der Waals surface area contributed by atoms with Crippen molar-refractivity contribution in [3.63, 3.8) is 0 Å². The van der Waals surface area contributed by atoms with Crippen LogP contribution >= 0.6 is 0 Å². The first-order valence-electron chi connectivity index (χ1n) is 19.7. The minimum atomic E-state index is 1.03. The van der Waals surface area contributed by atoms with Crippen LogP contribution < -0.4 is 9.80 Å². The average molecular weight is 699 g/mol. The van der Waals surface area contributed by atoms with Gasteiger partial charge in [-0.1, -0.05) is 88.4 Å². The van der Waals surface area contributed by atoms with E-state index in [1.165, 1.54) is 100 Å². The highest BCUT2D eigenvalue weighted by molar-refractivity contribution is 6.12. The first kappa shape index (κ1) is 33.7. The van der Waals surface area contributed by atoms with Gasteiger partial charge < -0.3 is 9.80 Å². The van der Waals surface area contributed by atoms with Gasteiger partial charge in [0.1, 0.15) is 0 Å². The van der Waals surface area contributed by atoms with Crippen molar-refractivity contribution in [2.45, 2.75) is 53.4 Å². The van der Waals surface area contributed by atoms with Crippen molar-refractivity contribution in [3.05, 3.63) is 180 Å². The lowest BCUT2D eigenvalue weighted by Gasteiger charge is -2.29. The van der Waals surface area contributed by atoms with E-state index in [4.69, 9.17) is 0 Å². The molecule has 1 aliphatic rings. The number of nitrogens with zero attached hydrogens (tertiary/aromatic N) is 2. The summed E-state index contributed by atoms with van der Waals surface area (Å²) in [6.45, 7) is 8.84. The zero-order valence-corrected chi connectivity index (χ0v) is 31.7. The number of aryl methyl sites for hydroxylation is 4. The van der Waals surface area contributed by atoms with Gasteiger partial charge in [0.2, 0.25) is 0 Å².